The molecular weight excluding hydrogens is 423 g/mol. The summed E-state index contributed by atoms with van der Waals surface area (Å²) in [6, 6.07) is 7.68. The number of hydrogen-bond donors (Lipinski definition) is 2. The van der Waals surface area contributed by atoms with E-state index in [-0.39, 0.29) is 24.0 Å². The Balaban J connectivity index is 0.00000182. The lowest BCUT2D eigenvalue weighted by Gasteiger charge is -2.43. The maximum Gasteiger partial charge on any atom is 0.193 e. The number of hydrogen-bond acceptors (Lipinski definition) is 2. The molecule has 0 amide bonds. The average Bonchev–Trinajstić information content (AvgIpc) is 2.59. The molecule has 1 saturated heterocycles. The van der Waals surface area contributed by atoms with Crippen molar-refractivity contribution < 1.29 is 0 Å². The van der Waals surface area contributed by atoms with Crippen molar-refractivity contribution >= 4 is 35.6 Å². The number of fused-ring (bicyclic) bond motifs is 1. The second-order valence-electron chi connectivity index (χ2n) is 7.67. The summed E-state index contributed by atoms with van der Waals surface area (Å²) in [7, 11) is 0. The molecule has 1 aromatic rings. The predicted molar refractivity (Wildman–Crippen MR) is 116 cm³/mol. The topological polar surface area (TPSA) is 53.6 Å². The number of anilines is 1. The Morgan fingerprint density at radius 1 is 1.04 bits per heavy atom. The van der Waals surface area contributed by atoms with Crippen LogP contribution in [0.1, 0.15) is 56.1 Å². The van der Waals surface area contributed by atoms with E-state index in [4.69, 9.17) is 10.7 Å². The highest BCUT2D eigenvalue weighted by Gasteiger charge is 2.34. The number of rotatable bonds is 3. The Labute approximate surface area is 168 Å². The van der Waals surface area contributed by atoms with Crippen molar-refractivity contribution in [1.82, 2.24) is 4.90 Å². The standard InChI is InChI=1S/C20H30N4.HI/c21-20(22-16-13-17(14-16)24-11-4-1-5-12-24)23-19-10-6-8-15-7-2-3-9-18(15)19;/h6,8,10,16-17H,1-5,7,9,11-14H2,(H3,21,22,23);1H. The van der Waals surface area contributed by atoms with Crippen LogP contribution in [-0.4, -0.2) is 36.0 Å². The van der Waals surface area contributed by atoms with Crippen LogP contribution in [0.25, 0.3) is 0 Å². The number of likely N-dealkylation sites (tertiary alicyclic amines) is 1. The molecule has 4 rings (SSSR count). The van der Waals surface area contributed by atoms with Gasteiger partial charge in [-0.2, -0.15) is 0 Å². The van der Waals surface area contributed by atoms with Crippen molar-refractivity contribution in [1.29, 1.82) is 0 Å². The van der Waals surface area contributed by atoms with Crippen molar-refractivity contribution in [3.63, 3.8) is 0 Å². The fourth-order valence-corrected chi connectivity index (χ4v) is 4.51. The van der Waals surface area contributed by atoms with Gasteiger partial charge in [0, 0.05) is 11.7 Å². The molecule has 0 radical (unpaired) electrons. The lowest BCUT2D eigenvalue weighted by molar-refractivity contribution is 0.0912. The summed E-state index contributed by atoms with van der Waals surface area (Å²) in [5.74, 6) is 0.594. The van der Waals surface area contributed by atoms with Gasteiger partial charge in [0.25, 0.3) is 0 Å². The Hall–Kier alpha value is -0.820. The quantitative estimate of drug-likeness (QED) is 0.414. The Morgan fingerprint density at radius 2 is 1.80 bits per heavy atom. The first kappa shape index (κ1) is 19.0. The highest BCUT2D eigenvalue weighted by molar-refractivity contribution is 14.0. The van der Waals surface area contributed by atoms with Crippen molar-refractivity contribution in [3.05, 3.63) is 29.3 Å². The molecule has 3 aliphatic rings. The monoisotopic (exact) mass is 454 g/mol. The second kappa shape index (κ2) is 8.71. The van der Waals surface area contributed by atoms with Gasteiger partial charge < -0.3 is 16.0 Å². The highest BCUT2D eigenvalue weighted by atomic mass is 127. The summed E-state index contributed by atoms with van der Waals surface area (Å²) < 4.78 is 0. The Kier molecular flexibility index (Phi) is 6.61. The van der Waals surface area contributed by atoms with Crippen LogP contribution in [0.5, 0.6) is 0 Å². The molecule has 2 aliphatic carbocycles. The molecule has 5 heteroatoms. The molecule has 0 atom stereocenters. The highest BCUT2D eigenvalue weighted by Crippen LogP contribution is 2.31. The van der Waals surface area contributed by atoms with Gasteiger partial charge in [0.2, 0.25) is 0 Å². The van der Waals surface area contributed by atoms with Crippen LogP contribution in [0.3, 0.4) is 0 Å². The summed E-state index contributed by atoms with van der Waals surface area (Å²) in [6.07, 6.45) is 11.4. The van der Waals surface area contributed by atoms with Gasteiger partial charge in [-0.3, -0.25) is 0 Å². The Bertz CT molecular complexity index is 604. The van der Waals surface area contributed by atoms with Gasteiger partial charge in [-0.15, -0.1) is 24.0 Å². The minimum atomic E-state index is 0. The van der Waals surface area contributed by atoms with Crippen LogP contribution in [-0.2, 0) is 12.8 Å². The number of nitrogens with two attached hydrogens (primary N) is 1. The van der Waals surface area contributed by atoms with Crippen molar-refractivity contribution in [2.24, 2.45) is 10.7 Å². The van der Waals surface area contributed by atoms with E-state index in [2.05, 4.69) is 28.4 Å². The van der Waals surface area contributed by atoms with Gasteiger partial charge >= 0.3 is 0 Å². The van der Waals surface area contributed by atoms with Gasteiger partial charge in [0.1, 0.15) is 0 Å². The maximum atomic E-state index is 6.20. The molecule has 0 aromatic heterocycles. The van der Waals surface area contributed by atoms with Gasteiger partial charge in [0.15, 0.2) is 5.96 Å². The number of benzene rings is 1. The second-order valence-corrected chi connectivity index (χ2v) is 7.67. The summed E-state index contributed by atoms with van der Waals surface area (Å²) >= 11 is 0. The van der Waals surface area contributed by atoms with Gasteiger partial charge in [-0.05, 0) is 81.6 Å². The molecule has 0 unspecified atom stereocenters. The van der Waals surface area contributed by atoms with E-state index >= 15 is 0 Å². The summed E-state index contributed by atoms with van der Waals surface area (Å²) in [5, 5.41) is 3.38. The van der Waals surface area contributed by atoms with E-state index in [1.165, 1.54) is 81.3 Å². The number of guanidine groups is 1. The first-order chi connectivity index (χ1) is 11.8. The van der Waals surface area contributed by atoms with Crippen LogP contribution in [0, 0.1) is 0 Å². The molecule has 3 N–H and O–H groups in total. The van der Waals surface area contributed by atoms with Gasteiger partial charge in [0.05, 0.1) is 6.04 Å². The zero-order valence-corrected chi connectivity index (χ0v) is 17.4. The normalized spacial score (nSPS) is 27.0. The van der Waals surface area contributed by atoms with Gasteiger partial charge in [-0.25, -0.2) is 4.99 Å². The maximum absolute atomic E-state index is 6.20. The molecule has 25 heavy (non-hydrogen) atoms. The largest absolute Gasteiger partial charge is 0.370 e. The molecule has 0 bridgehead atoms. The molecule has 1 saturated carbocycles. The van der Waals surface area contributed by atoms with Crippen LogP contribution < -0.4 is 11.1 Å². The fraction of sp³-hybridized carbons (Fsp3) is 0.650. The van der Waals surface area contributed by atoms with E-state index in [0.29, 0.717) is 12.0 Å². The third kappa shape index (κ3) is 4.48. The fourth-order valence-electron chi connectivity index (χ4n) is 4.51. The molecule has 2 fully saturated rings. The van der Waals surface area contributed by atoms with Crippen molar-refractivity contribution in [3.8, 4) is 0 Å². The summed E-state index contributed by atoms with van der Waals surface area (Å²) in [4.78, 5) is 7.39. The zero-order valence-electron chi connectivity index (χ0n) is 15.0. The molecule has 1 aromatic carbocycles. The molecule has 1 heterocycles. The molecule has 0 spiro atoms. The number of halogens is 1. The van der Waals surface area contributed by atoms with E-state index in [1.807, 2.05) is 0 Å². The van der Waals surface area contributed by atoms with Crippen molar-refractivity contribution in [2.45, 2.75) is 69.9 Å². The lowest BCUT2D eigenvalue weighted by atomic mass is 9.85. The predicted octanol–water partition coefficient (Wildman–Crippen LogP) is 3.93. The minimum Gasteiger partial charge on any atom is -0.370 e. The first-order valence-corrected chi connectivity index (χ1v) is 9.75. The molecular formula is C20H31IN4. The number of aryl methyl sites for hydroxylation is 1. The first-order valence-electron chi connectivity index (χ1n) is 9.75. The number of nitrogens with zero attached hydrogens (tertiary/aromatic N) is 2. The number of aliphatic imine (C=N–C) groups is 1. The Morgan fingerprint density at radius 3 is 2.60 bits per heavy atom. The molecule has 4 nitrogen and oxygen atoms in total. The van der Waals surface area contributed by atoms with Gasteiger partial charge in [-0.1, -0.05) is 18.6 Å². The van der Waals surface area contributed by atoms with E-state index in [1.54, 1.807) is 0 Å². The van der Waals surface area contributed by atoms with E-state index in [9.17, 15) is 0 Å². The van der Waals surface area contributed by atoms with Crippen LogP contribution in [0.2, 0.25) is 0 Å². The minimum absolute atomic E-state index is 0. The molecule has 1 aliphatic heterocycles. The summed E-state index contributed by atoms with van der Waals surface area (Å²) in [6.45, 7) is 2.57. The smallest absolute Gasteiger partial charge is 0.193 e. The van der Waals surface area contributed by atoms with Crippen molar-refractivity contribution in [2.75, 3.05) is 18.4 Å². The lowest BCUT2D eigenvalue weighted by Crippen LogP contribution is -2.49. The average molecular weight is 454 g/mol. The number of piperidine rings is 1. The summed E-state index contributed by atoms with van der Waals surface area (Å²) in [5.41, 5.74) is 10.3. The van der Waals surface area contributed by atoms with Crippen LogP contribution in [0.15, 0.2) is 23.2 Å². The SMILES string of the molecule is I.NC(=NC1CC(N2CCCCC2)C1)Nc1cccc2c1CCCC2. The number of nitrogens with one attached hydrogen (secondary N) is 1. The zero-order chi connectivity index (χ0) is 16.4. The third-order valence-electron chi connectivity index (χ3n) is 5.98. The van der Waals surface area contributed by atoms with E-state index < -0.39 is 0 Å². The van der Waals surface area contributed by atoms with Crippen LogP contribution >= 0.6 is 24.0 Å². The third-order valence-corrected chi connectivity index (χ3v) is 5.98. The van der Waals surface area contributed by atoms with Crippen LogP contribution in [0.4, 0.5) is 5.69 Å². The van der Waals surface area contributed by atoms with E-state index in [0.717, 1.165) is 12.5 Å². The molecule has 138 valence electrons.